The van der Waals surface area contributed by atoms with Gasteiger partial charge in [-0.3, -0.25) is 9.59 Å². The second-order valence-electron chi connectivity index (χ2n) is 10.6. The lowest BCUT2D eigenvalue weighted by Gasteiger charge is -2.09. The Balaban J connectivity index is 1.47. The van der Waals surface area contributed by atoms with E-state index in [1.807, 2.05) is 36.4 Å². The molecule has 1 aromatic heterocycles. The van der Waals surface area contributed by atoms with Crippen molar-refractivity contribution < 1.29 is 9.59 Å². The third kappa shape index (κ3) is 11.1. The number of carbonyl (C=O) groups excluding carboxylic acids is 2. The first-order valence-corrected chi connectivity index (χ1v) is 14.9. The van der Waals surface area contributed by atoms with Gasteiger partial charge < -0.3 is 10.6 Å². The summed E-state index contributed by atoms with van der Waals surface area (Å²) in [7, 11) is 0. The topological polar surface area (TPSA) is 71.1 Å². The summed E-state index contributed by atoms with van der Waals surface area (Å²) in [5, 5.41) is 8.04. The van der Waals surface area contributed by atoms with Gasteiger partial charge >= 0.3 is 0 Å². The molecule has 5 heteroatoms. The van der Waals surface area contributed by atoms with Crippen LogP contribution in [0, 0.1) is 24.7 Å². The second kappa shape index (κ2) is 17.7. The van der Waals surface area contributed by atoms with Crippen LogP contribution in [0.15, 0.2) is 42.5 Å². The number of terminal acetylenes is 2. The van der Waals surface area contributed by atoms with Gasteiger partial charge in [-0.05, 0) is 56.0 Å². The summed E-state index contributed by atoms with van der Waals surface area (Å²) in [6, 6.07) is 13.7. The Labute approximate surface area is 239 Å². The second-order valence-corrected chi connectivity index (χ2v) is 10.6. The molecule has 0 spiro atoms. The SMILES string of the molecule is C#CCCCCCCCCC(=O)Nc1ccc2cc3ccc(NC(=O)CCCCCCCCC#C)cc3nc2c1. The van der Waals surface area contributed by atoms with E-state index in [1.54, 1.807) is 0 Å². The molecule has 1 heterocycles. The van der Waals surface area contributed by atoms with Crippen LogP contribution in [0.25, 0.3) is 21.8 Å². The zero-order valence-corrected chi connectivity index (χ0v) is 23.8. The first kappa shape index (κ1) is 30.7. The number of aromatic nitrogens is 1. The molecule has 0 aliphatic rings. The summed E-state index contributed by atoms with van der Waals surface area (Å²) in [5.41, 5.74) is 3.12. The Hall–Kier alpha value is -3.83. The van der Waals surface area contributed by atoms with E-state index in [0.29, 0.717) is 12.8 Å². The van der Waals surface area contributed by atoms with Gasteiger partial charge in [0.25, 0.3) is 0 Å². The molecule has 0 radical (unpaired) electrons. The molecule has 2 aromatic carbocycles. The first-order chi connectivity index (χ1) is 19.6. The fraction of sp³-hybridized carbons (Fsp3) is 0.457. The number of amides is 2. The van der Waals surface area contributed by atoms with Gasteiger partial charge in [0, 0.05) is 47.8 Å². The maximum Gasteiger partial charge on any atom is 0.224 e. The number of pyridine rings is 1. The van der Waals surface area contributed by atoms with E-state index in [1.165, 1.54) is 12.8 Å². The van der Waals surface area contributed by atoms with Crippen molar-refractivity contribution >= 4 is 45.0 Å². The van der Waals surface area contributed by atoms with Crippen LogP contribution in [0.4, 0.5) is 11.4 Å². The first-order valence-electron chi connectivity index (χ1n) is 14.9. The van der Waals surface area contributed by atoms with Crippen LogP contribution in [0.5, 0.6) is 0 Å². The molecule has 5 nitrogen and oxygen atoms in total. The van der Waals surface area contributed by atoms with Gasteiger partial charge in [-0.1, -0.05) is 63.5 Å². The molecule has 0 aliphatic carbocycles. The summed E-state index contributed by atoms with van der Waals surface area (Å²) in [4.78, 5) is 29.7. The van der Waals surface area contributed by atoms with Crippen LogP contribution in [0.3, 0.4) is 0 Å². The zero-order valence-electron chi connectivity index (χ0n) is 23.8. The average molecular weight is 538 g/mol. The minimum absolute atomic E-state index is 0.0290. The maximum atomic E-state index is 12.4. The number of hydrogen-bond donors (Lipinski definition) is 2. The summed E-state index contributed by atoms with van der Waals surface area (Å²) in [6.45, 7) is 0. The number of nitrogens with zero attached hydrogens (tertiary/aromatic N) is 1. The van der Waals surface area contributed by atoms with Crippen LogP contribution < -0.4 is 10.6 Å². The molecule has 2 N–H and O–H groups in total. The Morgan fingerprint density at radius 3 is 1.40 bits per heavy atom. The van der Waals surface area contributed by atoms with Crippen LogP contribution in [-0.4, -0.2) is 16.8 Å². The van der Waals surface area contributed by atoms with E-state index in [2.05, 4.69) is 28.5 Å². The smallest absolute Gasteiger partial charge is 0.224 e. The Bertz CT molecular complexity index is 1230. The van der Waals surface area contributed by atoms with Crippen molar-refractivity contribution in [3.05, 3.63) is 42.5 Å². The molecule has 2 amide bonds. The lowest BCUT2D eigenvalue weighted by Crippen LogP contribution is -2.11. The minimum atomic E-state index is 0.0290. The predicted octanol–water partition coefficient (Wildman–Crippen LogP) is 8.77. The fourth-order valence-electron chi connectivity index (χ4n) is 4.86. The van der Waals surface area contributed by atoms with E-state index >= 15 is 0 Å². The lowest BCUT2D eigenvalue weighted by atomic mass is 10.1. The van der Waals surface area contributed by atoms with Crippen LogP contribution in [-0.2, 0) is 9.59 Å². The largest absolute Gasteiger partial charge is 0.326 e. The van der Waals surface area contributed by atoms with Crippen molar-refractivity contribution in [2.45, 2.75) is 103 Å². The van der Waals surface area contributed by atoms with Gasteiger partial charge in [0.05, 0.1) is 11.0 Å². The third-order valence-electron chi connectivity index (χ3n) is 7.13. The summed E-state index contributed by atoms with van der Waals surface area (Å²) in [6.07, 6.45) is 26.3. The van der Waals surface area contributed by atoms with Crippen LogP contribution >= 0.6 is 0 Å². The van der Waals surface area contributed by atoms with E-state index in [-0.39, 0.29) is 11.8 Å². The molecule has 0 aliphatic heterocycles. The third-order valence-corrected chi connectivity index (χ3v) is 7.13. The number of anilines is 2. The number of fused-ring (bicyclic) bond motifs is 2. The fourth-order valence-corrected chi connectivity index (χ4v) is 4.86. The molecule has 210 valence electrons. The van der Waals surface area contributed by atoms with Crippen molar-refractivity contribution in [3.63, 3.8) is 0 Å². The molecule has 0 atom stereocenters. The molecule has 40 heavy (non-hydrogen) atoms. The predicted molar refractivity (Wildman–Crippen MR) is 168 cm³/mol. The van der Waals surface area contributed by atoms with E-state index in [4.69, 9.17) is 17.8 Å². The quantitative estimate of drug-likeness (QED) is 0.0968. The number of unbranched alkanes of at least 4 members (excludes halogenated alkanes) is 12. The van der Waals surface area contributed by atoms with Crippen molar-refractivity contribution in [2.75, 3.05) is 10.6 Å². The van der Waals surface area contributed by atoms with Crippen molar-refractivity contribution in [1.29, 1.82) is 0 Å². The molecule has 3 rings (SSSR count). The van der Waals surface area contributed by atoms with Gasteiger partial charge in [0.1, 0.15) is 0 Å². The summed E-state index contributed by atoms with van der Waals surface area (Å²) >= 11 is 0. The standard InChI is InChI=1S/C35H43N3O2/c1-3-5-7-9-11-13-15-17-19-34(39)36-30-23-21-28-25-29-22-24-31(27-33(29)38-32(28)26-30)37-35(40)20-18-16-14-12-10-8-6-4-2/h1-2,21-27H,5-20H2,(H,36,39)(H,37,40). The van der Waals surface area contributed by atoms with Crippen molar-refractivity contribution in [2.24, 2.45) is 0 Å². The lowest BCUT2D eigenvalue weighted by molar-refractivity contribution is -0.117. The number of carbonyl (C=O) groups is 2. The number of rotatable bonds is 18. The molecule has 0 bridgehead atoms. The summed E-state index contributed by atoms with van der Waals surface area (Å²) < 4.78 is 0. The van der Waals surface area contributed by atoms with E-state index in [9.17, 15) is 9.59 Å². The number of hydrogen-bond acceptors (Lipinski definition) is 3. The highest BCUT2D eigenvalue weighted by atomic mass is 16.2. The van der Waals surface area contributed by atoms with Gasteiger partial charge in [0.15, 0.2) is 0 Å². The molecule has 0 unspecified atom stereocenters. The number of nitrogens with one attached hydrogen (secondary N) is 2. The Kier molecular flexibility index (Phi) is 13.6. The van der Waals surface area contributed by atoms with Crippen molar-refractivity contribution in [3.8, 4) is 24.7 Å². The molecule has 3 aromatic rings. The van der Waals surface area contributed by atoms with E-state index < -0.39 is 0 Å². The Morgan fingerprint density at radius 2 is 0.975 bits per heavy atom. The molecule has 0 fully saturated rings. The normalized spacial score (nSPS) is 10.8. The van der Waals surface area contributed by atoms with Gasteiger partial charge in [-0.15, -0.1) is 24.7 Å². The summed E-state index contributed by atoms with van der Waals surface area (Å²) in [5.74, 6) is 5.41. The molecular formula is C35H43N3O2. The highest BCUT2D eigenvalue weighted by Crippen LogP contribution is 2.25. The van der Waals surface area contributed by atoms with Gasteiger partial charge in [-0.2, -0.15) is 0 Å². The minimum Gasteiger partial charge on any atom is -0.326 e. The Morgan fingerprint density at radius 1 is 0.575 bits per heavy atom. The molecule has 0 saturated carbocycles. The van der Waals surface area contributed by atoms with Crippen LogP contribution in [0.2, 0.25) is 0 Å². The molecule has 0 saturated heterocycles. The maximum absolute atomic E-state index is 12.4. The number of benzene rings is 2. The van der Waals surface area contributed by atoms with E-state index in [0.717, 1.165) is 110 Å². The molecular weight excluding hydrogens is 494 g/mol. The zero-order chi connectivity index (χ0) is 28.4. The van der Waals surface area contributed by atoms with Crippen molar-refractivity contribution in [1.82, 2.24) is 4.98 Å². The van der Waals surface area contributed by atoms with Gasteiger partial charge in [0.2, 0.25) is 11.8 Å². The average Bonchev–Trinajstić information content (AvgIpc) is 2.94. The van der Waals surface area contributed by atoms with Gasteiger partial charge in [-0.25, -0.2) is 4.98 Å². The highest BCUT2D eigenvalue weighted by Gasteiger charge is 2.08. The highest BCUT2D eigenvalue weighted by molar-refractivity contribution is 5.99. The monoisotopic (exact) mass is 537 g/mol. The van der Waals surface area contributed by atoms with Crippen LogP contribution in [0.1, 0.15) is 103 Å².